The van der Waals surface area contributed by atoms with Crippen LogP contribution in [0.2, 0.25) is 5.02 Å². The largest absolute Gasteiger partial charge is 0.341 e. The second kappa shape index (κ2) is 7.38. The summed E-state index contributed by atoms with van der Waals surface area (Å²) in [5.41, 5.74) is 4.36. The molecule has 1 aromatic heterocycles. The van der Waals surface area contributed by atoms with E-state index in [1.165, 1.54) is 16.0 Å². The lowest BCUT2D eigenvalue weighted by Crippen LogP contribution is -2.42. The second-order valence-corrected chi connectivity index (χ2v) is 9.73. The van der Waals surface area contributed by atoms with Crippen molar-refractivity contribution < 1.29 is 0 Å². The number of para-hydroxylation sites is 1. The quantitative estimate of drug-likeness (QED) is 0.558. The summed E-state index contributed by atoms with van der Waals surface area (Å²) < 4.78 is 0. The zero-order valence-corrected chi connectivity index (χ0v) is 18.4. The van der Waals surface area contributed by atoms with Crippen molar-refractivity contribution in [2.24, 2.45) is 5.92 Å². The molecule has 0 bridgehead atoms. The second-order valence-electron chi connectivity index (χ2n) is 8.00. The molecule has 1 N–H and O–H groups in total. The van der Waals surface area contributed by atoms with Crippen LogP contribution >= 0.6 is 23.4 Å². The number of nitrogens with one attached hydrogen (secondary N) is 1. The number of H-pyrrole nitrogens is 1. The van der Waals surface area contributed by atoms with Crippen molar-refractivity contribution in [3.8, 4) is 0 Å². The van der Waals surface area contributed by atoms with Crippen LogP contribution in [0.15, 0.2) is 42.5 Å². The van der Waals surface area contributed by atoms with Gasteiger partial charge in [0, 0.05) is 11.4 Å². The number of aromatic nitrogens is 2. The molecule has 1 fully saturated rings. The Morgan fingerprint density at radius 3 is 2.72 bits per heavy atom. The molecule has 0 aliphatic carbocycles. The fourth-order valence-electron chi connectivity index (χ4n) is 4.29. The minimum absolute atomic E-state index is 0.186. The van der Waals surface area contributed by atoms with Gasteiger partial charge in [0.25, 0.3) is 0 Å². The molecule has 2 aliphatic heterocycles. The van der Waals surface area contributed by atoms with E-state index in [1.807, 2.05) is 30.0 Å². The van der Waals surface area contributed by atoms with Crippen molar-refractivity contribution in [2.75, 3.05) is 6.54 Å². The molecular weight excluding hydrogens is 400 g/mol. The third-order valence-corrected chi connectivity index (χ3v) is 7.28. The lowest BCUT2D eigenvalue weighted by atomic mass is 10.0. The number of thioether (sulfide) groups is 1. The van der Waals surface area contributed by atoms with Gasteiger partial charge in [-0.15, -0.1) is 0 Å². The zero-order chi connectivity index (χ0) is 20.1. The Labute approximate surface area is 180 Å². The van der Waals surface area contributed by atoms with E-state index in [2.05, 4.69) is 66.2 Å². The number of imidazole rings is 1. The van der Waals surface area contributed by atoms with Gasteiger partial charge >= 0.3 is 0 Å². The van der Waals surface area contributed by atoms with Gasteiger partial charge in [0.1, 0.15) is 11.3 Å². The van der Waals surface area contributed by atoms with Gasteiger partial charge < -0.3 is 4.98 Å². The maximum absolute atomic E-state index is 6.37. The van der Waals surface area contributed by atoms with Crippen LogP contribution in [0.5, 0.6) is 0 Å². The number of rotatable bonds is 3. The third-order valence-electron chi connectivity index (χ3n) is 5.88. The number of benzene rings is 2. The van der Waals surface area contributed by atoms with Crippen molar-refractivity contribution >= 4 is 39.3 Å². The van der Waals surface area contributed by atoms with E-state index in [0.717, 1.165) is 29.8 Å². The highest BCUT2D eigenvalue weighted by Crippen LogP contribution is 2.45. The lowest BCUT2D eigenvalue weighted by Gasteiger charge is -2.35. The summed E-state index contributed by atoms with van der Waals surface area (Å²) >= 11 is 8.24. The van der Waals surface area contributed by atoms with Crippen LogP contribution in [-0.4, -0.2) is 31.9 Å². The Morgan fingerprint density at radius 2 is 1.97 bits per heavy atom. The van der Waals surface area contributed by atoms with Gasteiger partial charge in [-0.05, 0) is 43.9 Å². The summed E-state index contributed by atoms with van der Waals surface area (Å²) in [4.78, 5) is 9.60. The summed E-state index contributed by atoms with van der Waals surface area (Å²) in [7, 11) is 0. The average Bonchev–Trinajstić information content (AvgIpc) is 3.39. The Bertz CT molecular complexity index is 1070. The first-order valence-corrected chi connectivity index (χ1v) is 11.3. The van der Waals surface area contributed by atoms with Gasteiger partial charge in [-0.25, -0.2) is 9.99 Å². The molecule has 1 saturated heterocycles. The van der Waals surface area contributed by atoms with E-state index >= 15 is 0 Å². The van der Waals surface area contributed by atoms with E-state index in [9.17, 15) is 0 Å². The standard InChI is InChI=1S/C23H24ClN4S/c1-14-7-9-17(10-8-14)20-13-28(16(3)29-20)27-12-11-15(2)22(27)23-25-19-6-4-5-18(24)21(19)26-23/h4-10,15-16,22H,11-12H2,1-3H3,(H,25,26)/t15-,16?,22-/m0/s1. The van der Waals surface area contributed by atoms with Crippen LogP contribution in [0.25, 0.3) is 15.9 Å². The fraction of sp³-hybridized carbons (Fsp3) is 0.348. The number of hydrazine groups is 1. The van der Waals surface area contributed by atoms with E-state index < -0.39 is 0 Å². The van der Waals surface area contributed by atoms with E-state index in [1.54, 1.807) is 0 Å². The molecule has 149 valence electrons. The maximum Gasteiger partial charge on any atom is 0.126 e. The summed E-state index contributed by atoms with van der Waals surface area (Å²) in [5, 5.41) is 5.70. The predicted octanol–water partition coefficient (Wildman–Crippen LogP) is 6.02. The van der Waals surface area contributed by atoms with Crippen molar-refractivity contribution in [3.05, 3.63) is 70.6 Å². The Kier molecular flexibility index (Phi) is 4.85. The highest BCUT2D eigenvalue weighted by atomic mass is 35.5. The maximum atomic E-state index is 6.37. The summed E-state index contributed by atoms with van der Waals surface area (Å²) in [6.07, 6.45) is 4.78. The smallest absolute Gasteiger partial charge is 0.126 e. The molecule has 2 aromatic carbocycles. The molecule has 1 unspecified atom stereocenters. The number of nitrogens with zero attached hydrogens (tertiary/aromatic N) is 3. The average molecular weight is 424 g/mol. The molecule has 4 nitrogen and oxygen atoms in total. The Morgan fingerprint density at radius 1 is 1.17 bits per heavy atom. The predicted molar refractivity (Wildman–Crippen MR) is 121 cm³/mol. The van der Waals surface area contributed by atoms with Gasteiger partial charge in [-0.1, -0.05) is 66.2 Å². The zero-order valence-electron chi connectivity index (χ0n) is 16.8. The SMILES string of the molecule is Cc1ccc(C2=[C]N(N3CC[C@H](C)[C@H]3c3nc4c(Cl)cccc4[nH]3)C(C)S2)cc1. The topological polar surface area (TPSA) is 35.2 Å². The first-order valence-electron chi connectivity index (χ1n) is 10.1. The molecule has 1 radical (unpaired) electrons. The van der Waals surface area contributed by atoms with Crippen molar-refractivity contribution in [3.63, 3.8) is 0 Å². The number of hydrogen-bond donors (Lipinski definition) is 1. The number of aromatic amines is 1. The first-order chi connectivity index (χ1) is 14.0. The molecule has 2 aliphatic rings. The molecule has 3 aromatic rings. The Balaban J connectivity index is 1.49. The summed E-state index contributed by atoms with van der Waals surface area (Å²) in [6, 6.07) is 14.8. The third kappa shape index (κ3) is 3.35. The molecule has 3 heterocycles. The van der Waals surface area contributed by atoms with Crippen molar-refractivity contribution in [1.29, 1.82) is 0 Å². The van der Waals surface area contributed by atoms with Gasteiger partial charge in [-0.2, -0.15) is 0 Å². The van der Waals surface area contributed by atoms with E-state index in [4.69, 9.17) is 16.6 Å². The van der Waals surface area contributed by atoms with Gasteiger partial charge in [0.2, 0.25) is 0 Å². The van der Waals surface area contributed by atoms with Gasteiger partial charge in [-0.3, -0.25) is 5.01 Å². The van der Waals surface area contributed by atoms with Crippen LogP contribution in [0.4, 0.5) is 0 Å². The van der Waals surface area contributed by atoms with E-state index in [0.29, 0.717) is 16.3 Å². The molecule has 6 heteroatoms. The summed E-state index contributed by atoms with van der Waals surface area (Å²) in [5.74, 6) is 1.48. The fourth-order valence-corrected chi connectivity index (χ4v) is 5.54. The van der Waals surface area contributed by atoms with E-state index in [-0.39, 0.29) is 6.04 Å². The van der Waals surface area contributed by atoms with Gasteiger partial charge in [0.15, 0.2) is 0 Å². The van der Waals surface area contributed by atoms with Crippen LogP contribution in [-0.2, 0) is 0 Å². The minimum Gasteiger partial charge on any atom is -0.341 e. The normalized spacial score (nSPS) is 25.2. The first kappa shape index (κ1) is 19.0. The molecule has 0 amide bonds. The molecule has 29 heavy (non-hydrogen) atoms. The van der Waals surface area contributed by atoms with Crippen LogP contribution in [0, 0.1) is 19.0 Å². The number of fused-ring (bicyclic) bond motifs is 1. The molecule has 0 saturated carbocycles. The Hall–Kier alpha value is -1.95. The van der Waals surface area contributed by atoms with Crippen molar-refractivity contribution in [2.45, 2.75) is 38.6 Å². The van der Waals surface area contributed by atoms with Crippen LogP contribution < -0.4 is 0 Å². The molecule has 3 atom stereocenters. The molecular formula is C23H24ClN4S. The number of aryl methyl sites for hydroxylation is 1. The van der Waals surface area contributed by atoms with Crippen molar-refractivity contribution in [1.82, 2.24) is 20.0 Å². The lowest BCUT2D eigenvalue weighted by molar-refractivity contribution is -0.0128. The number of hydrogen-bond acceptors (Lipinski definition) is 4. The highest BCUT2D eigenvalue weighted by molar-refractivity contribution is 8.09. The monoisotopic (exact) mass is 423 g/mol. The number of halogens is 1. The van der Waals surface area contributed by atoms with Crippen LogP contribution in [0.1, 0.15) is 43.3 Å². The summed E-state index contributed by atoms with van der Waals surface area (Å²) in [6.45, 7) is 7.66. The molecule has 0 spiro atoms. The highest BCUT2D eigenvalue weighted by Gasteiger charge is 2.41. The molecule has 5 rings (SSSR count). The van der Waals surface area contributed by atoms with Crippen LogP contribution in [0.3, 0.4) is 0 Å². The minimum atomic E-state index is 0.186. The van der Waals surface area contributed by atoms with Gasteiger partial charge in [0.05, 0.1) is 28.2 Å².